The number of thioether (sulfide) groups is 2. The van der Waals surface area contributed by atoms with Crippen molar-refractivity contribution < 1.29 is 59.3 Å². The van der Waals surface area contributed by atoms with Gasteiger partial charge in [0.15, 0.2) is 0 Å². The standard InChI is InChI=1S/2C23H29N3O2S.C22H26ClN3O2.CH4S.Na/c2*1-29-22-11-10-15(14-24-22)12-16-13-20(25-18-7-3-2-6-17(16)18)23(28)26-19-8-4-5-9-21(19)27;23-21-10-9-14(13-24-21)11-15-12-19(25-17-6-2-1-5-16(15)17)22(28)26-18-7-3-4-8-20(18)27;1-2;/h2*10-11,13-14,19,21,27H,2-9,12H2,1H3,(H,26,28);9-10,12-13,18,20,27H,1-8,11H2,(H,26,28);2H,1H3;/q;;;;+1/p-1/t2*19-,21-;18-,20-;;/m000../s1. The van der Waals surface area contributed by atoms with Crippen molar-refractivity contribution in [2.45, 2.75) is 220 Å². The van der Waals surface area contributed by atoms with E-state index in [4.69, 9.17) is 21.6 Å². The summed E-state index contributed by atoms with van der Waals surface area (Å²) in [6.07, 6.45) is 35.8. The average Bonchev–Trinajstić information content (AvgIpc) is 2.52. The van der Waals surface area contributed by atoms with Crippen LogP contribution in [0, 0.1) is 0 Å². The minimum Gasteiger partial charge on any atom is -0.796 e. The summed E-state index contributed by atoms with van der Waals surface area (Å²) in [6.45, 7) is 0. The summed E-state index contributed by atoms with van der Waals surface area (Å²) in [6, 6.07) is 17.4. The first-order valence-electron chi connectivity index (χ1n) is 31.9. The number of rotatable bonds is 14. The van der Waals surface area contributed by atoms with Gasteiger partial charge < -0.3 is 43.9 Å². The third-order valence-corrected chi connectivity index (χ3v) is 19.5. The summed E-state index contributed by atoms with van der Waals surface area (Å²) in [5, 5.41) is 42.2. The van der Waals surface area contributed by atoms with E-state index in [0.717, 1.165) is 203 Å². The Hall–Kier alpha value is -4.47. The van der Waals surface area contributed by atoms with Gasteiger partial charge in [-0.3, -0.25) is 14.4 Å². The quantitative estimate of drug-likeness (QED) is 0.0262. The van der Waals surface area contributed by atoms with Crippen LogP contribution in [0.3, 0.4) is 0 Å². The first-order chi connectivity index (χ1) is 42.9. The minimum atomic E-state index is -0.463. The maximum Gasteiger partial charge on any atom is 1.00 e. The number of halogens is 1. The van der Waals surface area contributed by atoms with Crippen LogP contribution in [0.15, 0.2) is 83.2 Å². The summed E-state index contributed by atoms with van der Waals surface area (Å²) < 4.78 is 0. The van der Waals surface area contributed by atoms with Crippen molar-refractivity contribution in [1.82, 2.24) is 45.9 Å². The smallest absolute Gasteiger partial charge is 0.796 e. The number of aliphatic hydroxyl groups excluding tert-OH is 3. The zero-order valence-electron chi connectivity index (χ0n) is 52.3. The van der Waals surface area contributed by atoms with Crippen LogP contribution in [0.1, 0.15) is 214 Å². The zero-order valence-corrected chi connectivity index (χ0v) is 57.5. The number of carbonyl (C=O) groups excluding carboxylic acids is 3. The van der Waals surface area contributed by atoms with E-state index in [1.807, 2.05) is 61.3 Å². The molecule has 0 unspecified atom stereocenters. The predicted molar refractivity (Wildman–Crippen MR) is 353 cm³/mol. The molecule has 470 valence electrons. The molecular formula is C69H87ClN9NaO6S3. The van der Waals surface area contributed by atoms with Gasteiger partial charge in [-0.2, -0.15) is 6.26 Å². The normalized spacial score (nSPS) is 20.9. The van der Waals surface area contributed by atoms with Crippen LogP contribution in [0.5, 0.6) is 0 Å². The van der Waals surface area contributed by atoms with Crippen molar-refractivity contribution in [3.63, 3.8) is 0 Å². The number of pyridine rings is 6. The molecule has 6 aromatic rings. The van der Waals surface area contributed by atoms with E-state index >= 15 is 0 Å². The number of carbonyl (C=O) groups is 3. The van der Waals surface area contributed by atoms with Gasteiger partial charge in [0.2, 0.25) is 0 Å². The Morgan fingerprint density at radius 3 is 1.04 bits per heavy atom. The Bertz CT molecular complexity index is 3150. The molecule has 3 saturated carbocycles. The van der Waals surface area contributed by atoms with Crippen molar-refractivity contribution in [1.29, 1.82) is 0 Å². The van der Waals surface area contributed by atoms with Gasteiger partial charge in [0.25, 0.3) is 17.7 Å². The molecule has 0 aliphatic heterocycles. The van der Waals surface area contributed by atoms with E-state index in [2.05, 4.69) is 60.6 Å². The maximum atomic E-state index is 12.9. The van der Waals surface area contributed by atoms with Crippen molar-refractivity contribution in [2.24, 2.45) is 0 Å². The number of amides is 3. The number of hydrogen-bond acceptors (Lipinski definition) is 15. The fourth-order valence-electron chi connectivity index (χ4n) is 13.2. The van der Waals surface area contributed by atoms with Gasteiger partial charge in [0.05, 0.1) is 46.5 Å². The van der Waals surface area contributed by atoms with Gasteiger partial charge in [0.1, 0.15) is 22.2 Å². The largest absolute Gasteiger partial charge is 1.00 e. The van der Waals surface area contributed by atoms with Gasteiger partial charge in [-0.25, -0.2) is 29.9 Å². The monoisotopic (exact) mass is 1290 g/mol. The molecule has 0 aromatic carbocycles. The summed E-state index contributed by atoms with van der Waals surface area (Å²) in [7, 11) is 0. The number of nitrogens with zero attached hydrogens (tertiary/aromatic N) is 6. The van der Waals surface area contributed by atoms with Crippen molar-refractivity contribution >= 4 is 65.5 Å². The summed E-state index contributed by atoms with van der Waals surface area (Å²) in [4.78, 5) is 66.0. The van der Waals surface area contributed by atoms with Crippen LogP contribution in [0.25, 0.3) is 0 Å². The predicted octanol–water partition coefficient (Wildman–Crippen LogP) is 8.20. The summed E-state index contributed by atoms with van der Waals surface area (Å²) >= 11 is 13.3. The number of nitrogens with one attached hydrogen (secondary N) is 3. The number of hydrogen-bond donors (Lipinski definition) is 6. The van der Waals surface area contributed by atoms with E-state index in [1.54, 1.807) is 42.0 Å². The Morgan fingerprint density at radius 1 is 0.461 bits per heavy atom. The second-order valence-corrected chi connectivity index (χ2v) is 26.2. The van der Waals surface area contributed by atoms with Gasteiger partial charge in [-0.1, -0.05) is 68.3 Å². The Labute approximate surface area is 567 Å². The van der Waals surface area contributed by atoms with Crippen molar-refractivity contribution in [3.8, 4) is 0 Å². The number of aryl methyl sites for hydroxylation is 3. The molecule has 6 atom stereocenters. The first-order valence-corrected chi connectivity index (χ1v) is 35.5. The topological polar surface area (TPSA) is 225 Å². The van der Waals surface area contributed by atoms with Crippen LogP contribution in [0.4, 0.5) is 0 Å². The molecule has 0 spiro atoms. The van der Waals surface area contributed by atoms with E-state index in [9.17, 15) is 29.7 Å². The third kappa shape index (κ3) is 19.8. The summed E-state index contributed by atoms with van der Waals surface area (Å²) in [5.41, 5.74) is 15.3. The molecule has 0 radical (unpaired) electrons. The first kappa shape index (κ1) is 70.4. The number of aromatic nitrogens is 6. The van der Waals surface area contributed by atoms with Crippen molar-refractivity contribution in [3.05, 3.63) is 163 Å². The molecular weight excluding hydrogens is 1210 g/mol. The minimum absolute atomic E-state index is 0. The number of aliphatic hydroxyl groups is 3. The number of fused-ring (bicyclic) bond motifs is 3. The fraction of sp³-hybridized carbons (Fsp3) is 0.522. The molecule has 6 aliphatic carbocycles. The zero-order chi connectivity index (χ0) is 61.9. The van der Waals surface area contributed by atoms with Crippen LogP contribution < -0.4 is 45.5 Å². The second kappa shape index (κ2) is 35.5. The van der Waals surface area contributed by atoms with E-state index in [1.165, 1.54) is 40.7 Å². The molecule has 6 aliphatic rings. The molecule has 3 fully saturated rings. The second-order valence-electron chi connectivity index (χ2n) is 24.1. The van der Waals surface area contributed by atoms with E-state index in [0.29, 0.717) is 28.7 Å². The van der Waals surface area contributed by atoms with Crippen molar-refractivity contribution in [2.75, 3.05) is 18.8 Å². The average molecular weight is 1290 g/mol. The van der Waals surface area contributed by atoms with Gasteiger partial charge in [0, 0.05) is 35.7 Å². The SMILES string of the molecule is CSc1ccc(Cc2cc(C(=O)N[C@H]3CCCC[C@@H]3O)nc3c2CCCC3)cn1.CSc1ccc(Cc2cc(C(=O)N[C@H]3CCCC[C@@H]3O)nc3c2CCCC3)cn1.C[S-].O=C(N[C@H]1CCCC[C@@H]1O)c1cc(Cc2ccc(Cl)nc2)c2c(n1)CCCC2.[Na+]. The molecule has 15 nitrogen and oxygen atoms in total. The van der Waals surface area contributed by atoms with Gasteiger partial charge in [-0.05, 0) is 234 Å². The fourth-order valence-corrected chi connectivity index (χ4v) is 14.0. The molecule has 20 heteroatoms. The molecule has 6 aromatic heterocycles. The Morgan fingerprint density at radius 2 is 0.764 bits per heavy atom. The van der Waals surface area contributed by atoms with E-state index < -0.39 is 18.3 Å². The molecule has 6 heterocycles. The molecule has 0 bridgehead atoms. The van der Waals surface area contributed by atoms with Gasteiger partial charge >= 0.3 is 29.6 Å². The molecule has 6 N–H and O–H groups in total. The van der Waals surface area contributed by atoms with Crippen LogP contribution in [0.2, 0.25) is 5.15 Å². The van der Waals surface area contributed by atoms with Crippen LogP contribution >= 0.6 is 35.1 Å². The van der Waals surface area contributed by atoms with Crippen LogP contribution in [-0.2, 0) is 70.4 Å². The van der Waals surface area contributed by atoms with Crippen LogP contribution in [-0.4, -0.2) is 118 Å². The summed E-state index contributed by atoms with van der Waals surface area (Å²) in [5.74, 6) is -0.516. The van der Waals surface area contributed by atoms with Gasteiger partial charge in [-0.15, -0.1) is 23.5 Å². The Balaban J connectivity index is 0.000000169. The third-order valence-electron chi connectivity index (χ3n) is 18.0. The molecule has 89 heavy (non-hydrogen) atoms. The molecule has 12 rings (SSSR count). The molecule has 0 saturated heterocycles. The maximum absolute atomic E-state index is 12.9. The Kier molecular flexibility index (Phi) is 28.1. The molecule has 3 amide bonds. The van der Waals surface area contributed by atoms with E-state index in [-0.39, 0.29) is 65.4 Å².